The average Bonchev–Trinajstić information content (AvgIpc) is 2.55. The number of nitrogens with one attached hydrogen (secondary N) is 1. The van der Waals surface area contributed by atoms with E-state index in [4.69, 9.17) is 9.47 Å². The van der Waals surface area contributed by atoms with E-state index in [2.05, 4.69) is 0 Å². The van der Waals surface area contributed by atoms with Crippen LogP contribution in [0.1, 0.15) is 36.5 Å². The van der Waals surface area contributed by atoms with Gasteiger partial charge in [0.25, 0.3) is 0 Å². The summed E-state index contributed by atoms with van der Waals surface area (Å²) in [5.74, 6) is 1.02. The Balaban J connectivity index is 1.61. The quantitative estimate of drug-likeness (QED) is 0.581. The Labute approximate surface area is 127 Å². The fraction of sp³-hybridized carbons (Fsp3) is 0.588. The van der Waals surface area contributed by atoms with Crippen molar-refractivity contribution in [1.29, 1.82) is 0 Å². The predicted molar refractivity (Wildman–Crippen MR) is 82.2 cm³/mol. The van der Waals surface area contributed by atoms with E-state index in [0.717, 1.165) is 50.6 Å². The zero-order valence-corrected chi connectivity index (χ0v) is 12.9. The van der Waals surface area contributed by atoms with Gasteiger partial charge in [-0.2, -0.15) is 0 Å². The summed E-state index contributed by atoms with van der Waals surface area (Å²) in [7, 11) is 0. The highest BCUT2D eigenvalue weighted by Crippen LogP contribution is 2.13. The minimum absolute atomic E-state index is 0.176. The third-order valence-corrected chi connectivity index (χ3v) is 3.89. The summed E-state index contributed by atoms with van der Waals surface area (Å²) in [4.78, 5) is 13.2. The maximum atomic E-state index is 11.5. The number of unbranched alkanes of at least 4 members (excludes halogenated alkanes) is 1. The molecule has 0 atom stereocenters. The highest BCUT2D eigenvalue weighted by Gasteiger charge is 2.12. The second kappa shape index (κ2) is 8.80. The lowest BCUT2D eigenvalue weighted by atomic mass is 10.1. The number of hydrogen-bond donors (Lipinski definition) is 1. The number of Topliss-reactive ketones (excluding diaryl/α,β-unsaturated/α-hetero) is 1. The fourth-order valence-corrected chi connectivity index (χ4v) is 2.52. The monoisotopic (exact) mass is 292 g/mol. The van der Waals surface area contributed by atoms with E-state index >= 15 is 0 Å². The van der Waals surface area contributed by atoms with Crippen LogP contribution in [0.2, 0.25) is 0 Å². The summed E-state index contributed by atoms with van der Waals surface area (Å²) in [6.07, 6.45) is 2.80. The van der Waals surface area contributed by atoms with E-state index in [9.17, 15) is 4.79 Å². The Kier molecular flexibility index (Phi) is 6.70. The lowest BCUT2D eigenvalue weighted by Gasteiger charge is -2.23. The molecule has 0 aromatic heterocycles. The molecule has 4 nitrogen and oxygen atoms in total. The largest absolute Gasteiger partial charge is 0.494 e. The maximum absolute atomic E-state index is 11.5. The molecule has 0 radical (unpaired) electrons. The lowest BCUT2D eigenvalue weighted by molar-refractivity contribution is -0.908. The second-order valence-electron chi connectivity index (χ2n) is 5.47. The number of quaternary nitrogens is 1. The predicted octanol–water partition coefficient (Wildman–Crippen LogP) is 1.35. The van der Waals surface area contributed by atoms with Gasteiger partial charge >= 0.3 is 0 Å². The summed E-state index contributed by atoms with van der Waals surface area (Å²) in [6, 6.07) is 7.46. The van der Waals surface area contributed by atoms with Crippen molar-refractivity contribution in [3.63, 3.8) is 0 Å². The van der Waals surface area contributed by atoms with E-state index in [1.807, 2.05) is 31.2 Å². The molecule has 1 aromatic carbocycles. The third kappa shape index (κ3) is 5.48. The average molecular weight is 292 g/mol. The van der Waals surface area contributed by atoms with Gasteiger partial charge in [-0.1, -0.05) is 6.92 Å². The molecule has 1 aliphatic heterocycles. The molecule has 0 spiro atoms. The Morgan fingerprint density at radius 3 is 2.57 bits per heavy atom. The van der Waals surface area contributed by atoms with Crippen molar-refractivity contribution in [3.8, 4) is 5.75 Å². The minimum Gasteiger partial charge on any atom is -0.494 e. The molecule has 0 aliphatic carbocycles. The first-order chi connectivity index (χ1) is 10.3. The van der Waals surface area contributed by atoms with Crippen molar-refractivity contribution in [1.82, 2.24) is 0 Å². The molecule has 0 unspecified atom stereocenters. The minimum atomic E-state index is 0.176. The van der Waals surface area contributed by atoms with Gasteiger partial charge in [0.05, 0.1) is 26.4 Å². The molecule has 1 heterocycles. The van der Waals surface area contributed by atoms with Crippen LogP contribution < -0.4 is 9.64 Å². The van der Waals surface area contributed by atoms with Crippen molar-refractivity contribution >= 4 is 5.78 Å². The third-order valence-electron chi connectivity index (χ3n) is 3.89. The van der Waals surface area contributed by atoms with Crippen LogP contribution in [0.4, 0.5) is 0 Å². The number of ketones is 1. The Hall–Kier alpha value is -1.39. The van der Waals surface area contributed by atoms with Gasteiger partial charge < -0.3 is 14.4 Å². The molecule has 21 heavy (non-hydrogen) atoms. The van der Waals surface area contributed by atoms with Crippen molar-refractivity contribution in [2.75, 3.05) is 39.5 Å². The van der Waals surface area contributed by atoms with E-state index < -0.39 is 0 Å². The van der Waals surface area contributed by atoms with Crippen LogP contribution in [-0.4, -0.2) is 45.2 Å². The zero-order valence-electron chi connectivity index (χ0n) is 12.9. The van der Waals surface area contributed by atoms with Gasteiger partial charge in [0.2, 0.25) is 0 Å². The standard InChI is InChI=1S/C17H25NO3/c1-2-17(19)15-5-7-16(8-6-15)21-12-4-3-9-18-10-13-20-14-11-18/h5-8H,2-4,9-14H2,1H3/p+1. The SMILES string of the molecule is CCC(=O)c1ccc(OCCCC[NH+]2CCOCC2)cc1. The van der Waals surface area contributed by atoms with Gasteiger partial charge in [0.15, 0.2) is 5.78 Å². The van der Waals surface area contributed by atoms with E-state index in [-0.39, 0.29) is 5.78 Å². The molecule has 4 heteroatoms. The van der Waals surface area contributed by atoms with Crippen LogP contribution in [0.5, 0.6) is 5.75 Å². The van der Waals surface area contributed by atoms with Crippen molar-refractivity contribution in [3.05, 3.63) is 29.8 Å². The van der Waals surface area contributed by atoms with Crippen molar-refractivity contribution in [2.24, 2.45) is 0 Å². The Bertz CT molecular complexity index is 424. The number of hydrogen-bond acceptors (Lipinski definition) is 3. The van der Waals surface area contributed by atoms with Crippen LogP contribution in [0.3, 0.4) is 0 Å². The summed E-state index contributed by atoms with van der Waals surface area (Å²) in [6.45, 7) is 7.88. The highest BCUT2D eigenvalue weighted by atomic mass is 16.5. The number of carbonyl (C=O) groups is 1. The van der Waals surface area contributed by atoms with E-state index in [1.165, 1.54) is 13.0 Å². The van der Waals surface area contributed by atoms with Gasteiger partial charge in [0, 0.05) is 12.0 Å². The Morgan fingerprint density at radius 2 is 1.90 bits per heavy atom. The normalized spacial score (nSPS) is 15.9. The topological polar surface area (TPSA) is 40.0 Å². The van der Waals surface area contributed by atoms with E-state index in [0.29, 0.717) is 6.42 Å². The molecular weight excluding hydrogens is 266 g/mol. The molecule has 0 saturated carbocycles. The number of ether oxygens (including phenoxy) is 2. The number of carbonyl (C=O) groups excluding carboxylic acids is 1. The lowest BCUT2D eigenvalue weighted by Crippen LogP contribution is -3.14. The zero-order chi connectivity index (χ0) is 14.9. The summed E-state index contributed by atoms with van der Waals surface area (Å²) >= 11 is 0. The van der Waals surface area contributed by atoms with Gasteiger partial charge in [-0.3, -0.25) is 4.79 Å². The highest BCUT2D eigenvalue weighted by molar-refractivity contribution is 5.95. The van der Waals surface area contributed by atoms with Crippen LogP contribution in [0.25, 0.3) is 0 Å². The molecule has 1 aromatic rings. The van der Waals surface area contributed by atoms with Gasteiger partial charge in [-0.05, 0) is 37.1 Å². The molecule has 0 amide bonds. The number of morpholine rings is 1. The van der Waals surface area contributed by atoms with Crippen LogP contribution in [-0.2, 0) is 4.74 Å². The van der Waals surface area contributed by atoms with Gasteiger partial charge in [-0.15, -0.1) is 0 Å². The molecule has 2 rings (SSSR count). The molecule has 1 saturated heterocycles. The van der Waals surface area contributed by atoms with Crippen LogP contribution in [0.15, 0.2) is 24.3 Å². The molecule has 1 aliphatic rings. The summed E-state index contributed by atoms with van der Waals surface area (Å²) in [5, 5.41) is 0. The Morgan fingerprint density at radius 1 is 1.19 bits per heavy atom. The molecule has 1 fully saturated rings. The van der Waals surface area contributed by atoms with Crippen molar-refractivity contribution in [2.45, 2.75) is 26.2 Å². The number of benzene rings is 1. The van der Waals surface area contributed by atoms with Crippen LogP contribution >= 0.6 is 0 Å². The molecule has 0 bridgehead atoms. The maximum Gasteiger partial charge on any atom is 0.162 e. The first kappa shape index (κ1) is 16.0. The fourth-order valence-electron chi connectivity index (χ4n) is 2.52. The van der Waals surface area contributed by atoms with Gasteiger partial charge in [-0.25, -0.2) is 0 Å². The molecular formula is C17H26NO3+. The molecule has 1 N–H and O–H groups in total. The first-order valence-electron chi connectivity index (χ1n) is 7.97. The smallest absolute Gasteiger partial charge is 0.162 e. The van der Waals surface area contributed by atoms with Gasteiger partial charge in [0.1, 0.15) is 18.8 Å². The first-order valence-corrected chi connectivity index (χ1v) is 7.97. The summed E-state index contributed by atoms with van der Waals surface area (Å²) in [5.41, 5.74) is 0.765. The van der Waals surface area contributed by atoms with Crippen molar-refractivity contribution < 1.29 is 19.2 Å². The van der Waals surface area contributed by atoms with Crippen LogP contribution in [0, 0.1) is 0 Å². The number of rotatable bonds is 8. The second-order valence-corrected chi connectivity index (χ2v) is 5.47. The van der Waals surface area contributed by atoms with E-state index in [1.54, 1.807) is 4.90 Å². The summed E-state index contributed by atoms with van der Waals surface area (Å²) < 4.78 is 11.1. The molecule has 116 valence electrons.